The maximum absolute atomic E-state index is 11.7. The van der Waals surface area contributed by atoms with Crippen LogP contribution in [0.5, 0.6) is 0 Å². The van der Waals surface area contributed by atoms with E-state index in [2.05, 4.69) is 0 Å². The smallest absolute Gasteiger partial charge is 0.185 e. The van der Waals surface area contributed by atoms with Crippen LogP contribution < -0.4 is 0 Å². The Morgan fingerprint density at radius 2 is 1.80 bits per heavy atom. The Hall–Kier alpha value is -0.640. The highest BCUT2D eigenvalue weighted by molar-refractivity contribution is 8.13. The van der Waals surface area contributed by atoms with Crippen molar-refractivity contribution in [1.29, 1.82) is 0 Å². The molecule has 15 heavy (non-hydrogen) atoms. The highest BCUT2D eigenvalue weighted by atomic mass is 32.2. The summed E-state index contributed by atoms with van der Waals surface area (Å²) >= 11 is 1.06. The van der Waals surface area contributed by atoms with Crippen molar-refractivity contribution in [3.8, 4) is 0 Å². The molecule has 1 aliphatic carbocycles. The van der Waals surface area contributed by atoms with E-state index in [0.29, 0.717) is 18.6 Å². The predicted molar refractivity (Wildman–Crippen MR) is 59.7 cm³/mol. The van der Waals surface area contributed by atoms with Crippen LogP contribution >= 0.6 is 11.8 Å². The Morgan fingerprint density at radius 3 is 2.20 bits per heavy atom. The fourth-order valence-corrected chi connectivity index (χ4v) is 2.59. The van der Waals surface area contributed by atoms with Crippen molar-refractivity contribution in [2.45, 2.75) is 33.6 Å². The van der Waals surface area contributed by atoms with E-state index >= 15 is 0 Å². The molecule has 1 saturated carbocycles. The summed E-state index contributed by atoms with van der Waals surface area (Å²) in [5.74, 6) is -0.245. The van der Waals surface area contributed by atoms with Crippen LogP contribution in [0.1, 0.15) is 33.6 Å². The van der Waals surface area contributed by atoms with Crippen LogP contribution in [-0.4, -0.2) is 22.4 Å². The minimum absolute atomic E-state index is 0.00926. The normalized spacial score (nSPS) is 21.8. The number of carbonyl (C=O) groups excluding carboxylic acids is 3. The van der Waals surface area contributed by atoms with Gasteiger partial charge in [-0.2, -0.15) is 0 Å². The summed E-state index contributed by atoms with van der Waals surface area (Å²) < 4.78 is 0. The summed E-state index contributed by atoms with van der Waals surface area (Å²) in [7, 11) is 0. The number of hydrogen-bond donors (Lipinski definition) is 0. The lowest BCUT2D eigenvalue weighted by Gasteiger charge is -2.31. The minimum atomic E-state index is -0.549. The predicted octanol–water partition coefficient (Wildman–Crippen LogP) is 1.84. The van der Waals surface area contributed by atoms with Crippen LogP contribution in [-0.2, 0) is 14.4 Å². The average Bonchev–Trinajstić information content (AvgIpc) is 1.98. The molecule has 0 N–H and O–H groups in total. The summed E-state index contributed by atoms with van der Waals surface area (Å²) in [6.07, 6.45) is 0.893. The number of Topliss-reactive ketones (excluding diaryl/α,β-unsaturated/α-hetero) is 2. The van der Waals surface area contributed by atoms with E-state index in [0.717, 1.165) is 11.8 Å². The third-order valence-corrected chi connectivity index (χ3v) is 3.44. The Kier molecular flexibility index (Phi) is 3.71. The zero-order valence-corrected chi connectivity index (χ0v) is 10.1. The Balaban J connectivity index is 2.63. The molecule has 0 heterocycles. The average molecular weight is 228 g/mol. The van der Waals surface area contributed by atoms with Gasteiger partial charge in [0.2, 0.25) is 0 Å². The molecule has 0 bridgehead atoms. The molecule has 0 amide bonds. The molecule has 0 spiro atoms. The van der Waals surface area contributed by atoms with E-state index in [1.165, 1.54) is 6.92 Å². The van der Waals surface area contributed by atoms with Crippen molar-refractivity contribution in [3.63, 3.8) is 0 Å². The zero-order valence-electron chi connectivity index (χ0n) is 9.33. The molecule has 1 aliphatic rings. The van der Waals surface area contributed by atoms with E-state index in [-0.39, 0.29) is 22.1 Å². The van der Waals surface area contributed by atoms with Crippen LogP contribution in [0.4, 0.5) is 0 Å². The van der Waals surface area contributed by atoms with Gasteiger partial charge in [-0.1, -0.05) is 25.6 Å². The first-order valence-corrected chi connectivity index (χ1v) is 5.99. The molecule has 0 aliphatic heterocycles. The largest absolute Gasteiger partial charge is 0.299 e. The summed E-state index contributed by atoms with van der Waals surface area (Å²) in [5, 5.41) is -0.0413. The van der Waals surface area contributed by atoms with Gasteiger partial charge in [-0.3, -0.25) is 14.4 Å². The van der Waals surface area contributed by atoms with E-state index < -0.39 is 5.92 Å². The van der Waals surface area contributed by atoms with Crippen molar-refractivity contribution in [1.82, 2.24) is 0 Å². The van der Waals surface area contributed by atoms with Gasteiger partial charge in [0.1, 0.15) is 11.6 Å². The highest BCUT2D eigenvalue weighted by Crippen LogP contribution is 2.34. The fourth-order valence-electron chi connectivity index (χ4n) is 1.82. The van der Waals surface area contributed by atoms with Crippen molar-refractivity contribution in [2.75, 3.05) is 5.75 Å². The number of hydrogen-bond acceptors (Lipinski definition) is 4. The summed E-state index contributed by atoms with van der Waals surface area (Å²) in [6, 6.07) is 0. The van der Waals surface area contributed by atoms with Gasteiger partial charge in [0.05, 0.1) is 5.92 Å². The van der Waals surface area contributed by atoms with Gasteiger partial charge in [-0.15, -0.1) is 0 Å². The molecule has 0 atom stereocenters. The lowest BCUT2D eigenvalue weighted by atomic mass is 9.72. The van der Waals surface area contributed by atoms with Crippen molar-refractivity contribution >= 4 is 28.4 Å². The molecule has 3 nitrogen and oxygen atoms in total. The van der Waals surface area contributed by atoms with Gasteiger partial charge in [-0.05, 0) is 5.41 Å². The molecule has 0 radical (unpaired) electrons. The van der Waals surface area contributed by atoms with E-state index in [4.69, 9.17) is 0 Å². The highest BCUT2D eigenvalue weighted by Gasteiger charge is 2.39. The molecule has 0 aromatic carbocycles. The number of carbonyl (C=O) groups is 3. The van der Waals surface area contributed by atoms with Gasteiger partial charge >= 0.3 is 0 Å². The third kappa shape index (κ3) is 3.45. The van der Waals surface area contributed by atoms with Crippen LogP contribution in [0, 0.1) is 11.3 Å². The summed E-state index contributed by atoms with van der Waals surface area (Å²) in [4.78, 5) is 34.1. The Bertz CT molecular complexity index is 287. The zero-order chi connectivity index (χ0) is 11.6. The molecular weight excluding hydrogens is 212 g/mol. The molecule has 1 rings (SSSR count). The SMILES string of the molecule is CC(=O)SCC1C(=O)CC(C)(C)CC1=O. The monoisotopic (exact) mass is 228 g/mol. The molecule has 0 aromatic heterocycles. The van der Waals surface area contributed by atoms with E-state index in [1.807, 2.05) is 13.8 Å². The lowest BCUT2D eigenvalue weighted by Crippen LogP contribution is -2.38. The van der Waals surface area contributed by atoms with E-state index in [9.17, 15) is 14.4 Å². The van der Waals surface area contributed by atoms with Gasteiger partial charge in [0.15, 0.2) is 5.12 Å². The van der Waals surface area contributed by atoms with Crippen LogP contribution in [0.3, 0.4) is 0 Å². The molecular formula is C11H16O3S. The van der Waals surface area contributed by atoms with Crippen molar-refractivity contribution < 1.29 is 14.4 Å². The molecule has 84 valence electrons. The topological polar surface area (TPSA) is 51.2 Å². The summed E-state index contributed by atoms with van der Waals surface area (Å²) in [6.45, 7) is 5.31. The van der Waals surface area contributed by atoms with Crippen LogP contribution in [0.2, 0.25) is 0 Å². The minimum Gasteiger partial charge on any atom is -0.299 e. The molecule has 1 fully saturated rings. The van der Waals surface area contributed by atoms with Crippen LogP contribution in [0.15, 0.2) is 0 Å². The second kappa shape index (κ2) is 4.47. The first-order valence-electron chi connectivity index (χ1n) is 5.00. The Morgan fingerprint density at radius 1 is 1.33 bits per heavy atom. The standard InChI is InChI=1S/C11H16O3S/c1-7(12)15-6-8-9(13)4-11(2,3)5-10(8)14/h8H,4-6H2,1-3H3. The molecule has 0 unspecified atom stereocenters. The van der Waals surface area contributed by atoms with Gasteiger partial charge in [-0.25, -0.2) is 0 Å². The fraction of sp³-hybridized carbons (Fsp3) is 0.727. The molecule has 0 saturated heterocycles. The maximum Gasteiger partial charge on any atom is 0.185 e. The third-order valence-electron chi connectivity index (χ3n) is 2.54. The number of ketones is 2. The van der Waals surface area contributed by atoms with Crippen LogP contribution in [0.25, 0.3) is 0 Å². The van der Waals surface area contributed by atoms with Crippen molar-refractivity contribution in [3.05, 3.63) is 0 Å². The van der Waals surface area contributed by atoms with Gasteiger partial charge in [0, 0.05) is 25.5 Å². The first kappa shape index (κ1) is 12.4. The van der Waals surface area contributed by atoms with Crippen molar-refractivity contribution in [2.24, 2.45) is 11.3 Å². The second-order valence-electron chi connectivity index (χ2n) is 4.81. The molecule has 0 aromatic rings. The quantitative estimate of drug-likeness (QED) is 0.677. The lowest BCUT2D eigenvalue weighted by molar-refractivity contribution is -0.138. The van der Waals surface area contributed by atoms with Gasteiger partial charge < -0.3 is 0 Å². The van der Waals surface area contributed by atoms with Gasteiger partial charge in [0.25, 0.3) is 0 Å². The molecule has 4 heteroatoms. The number of thioether (sulfide) groups is 1. The second-order valence-corrected chi connectivity index (χ2v) is 6.00. The number of rotatable bonds is 2. The first-order chi connectivity index (χ1) is 6.82. The summed E-state index contributed by atoms with van der Waals surface area (Å²) in [5.41, 5.74) is -0.203. The Labute approximate surface area is 94.0 Å². The van der Waals surface area contributed by atoms with E-state index in [1.54, 1.807) is 0 Å². The maximum atomic E-state index is 11.7.